The van der Waals surface area contributed by atoms with Crippen molar-refractivity contribution >= 4 is 33.5 Å². The van der Waals surface area contributed by atoms with E-state index in [4.69, 9.17) is 0 Å². The van der Waals surface area contributed by atoms with Gasteiger partial charge in [-0.25, -0.2) is 4.68 Å². The van der Waals surface area contributed by atoms with Crippen LogP contribution in [0.25, 0.3) is 27.7 Å². The highest BCUT2D eigenvalue weighted by molar-refractivity contribution is 5.90. The average molecular weight is 492 g/mol. The zero-order chi connectivity index (χ0) is 25.8. The largest absolute Gasteiger partial charge is 0.372 e. The van der Waals surface area contributed by atoms with Gasteiger partial charge in [-0.1, -0.05) is 41.6 Å². The van der Waals surface area contributed by atoms with Gasteiger partial charge in [0.1, 0.15) is 5.69 Å². The number of nitro groups is 1. The van der Waals surface area contributed by atoms with Crippen LogP contribution < -0.4 is 4.90 Å². The van der Waals surface area contributed by atoms with E-state index in [9.17, 15) is 10.1 Å². The van der Waals surface area contributed by atoms with Gasteiger partial charge < -0.3 is 4.90 Å². The summed E-state index contributed by atoms with van der Waals surface area (Å²) in [5, 5.41) is 30.9. The van der Waals surface area contributed by atoms with Crippen molar-refractivity contribution in [1.29, 1.82) is 0 Å². The van der Waals surface area contributed by atoms with Gasteiger partial charge in [0, 0.05) is 35.8 Å². The molecule has 184 valence electrons. The second kappa shape index (κ2) is 10.4. The molecule has 0 amide bonds. The van der Waals surface area contributed by atoms with E-state index in [1.165, 1.54) is 6.07 Å². The third kappa shape index (κ3) is 4.92. The van der Waals surface area contributed by atoms with E-state index in [0.717, 1.165) is 35.2 Å². The average Bonchev–Trinajstić information content (AvgIpc) is 3.43. The maximum atomic E-state index is 11.8. The highest BCUT2D eigenvalue weighted by atomic mass is 16.6. The van der Waals surface area contributed by atoms with Gasteiger partial charge in [0.15, 0.2) is 5.69 Å². The van der Waals surface area contributed by atoms with Crippen LogP contribution in [0.4, 0.5) is 22.7 Å². The highest BCUT2D eigenvalue weighted by Crippen LogP contribution is 2.34. The molecule has 37 heavy (non-hydrogen) atoms. The van der Waals surface area contributed by atoms with Crippen LogP contribution in [-0.2, 0) is 0 Å². The molecule has 0 aliphatic heterocycles. The summed E-state index contributed by atoms with van der Waals surface area (Å²) in [6.07, 6.45) is 1.76. The Hall–Kier alpha value is -4.92. The van der Waals surface area contributed by atoms with Crippen molar-refractivity contribution < 1.29 is 4.92 Å². The molecule has 0 unspecified atom stereocenters. The van der Waals surface area contributed by atoms with E-state index < -0.39 is 4.92 Å². The molecule has 0 saturated carbocycles. The van der Waals surface area contributed by atoms with Gasteiger partial charge in [-0.3, -0.25) is 10.1 Å². The van der Waals surface area contributed by atoms with Gasteiger partial charge in [0.2, 0.25) is 0 Å². The number of fused-ring (bicyclic) bond motifs is 1. The molecule has 1 heterocycles. The minimum absolute atomic E-state index is 0.152. The molecule has 1 aromatic heterocycles. The Morgan fingerprint density at radius 3 is 2.43 bits per heavy atom. The second-order valence-electron chi connectivity index (χ2n) is 8.40. The molecule has 4 aromatic carbocycles. The van der Waals surface area contributed by atoms with Gasteiger partial charge in [0.05, 0.1) is 22.5 Å². The molecule has 0 spiro atoms. The SMILES string of the molecule is CCN(CC)c1ccc(N=Nc2ccc(-c3cn(-c4cccc5ccccc45)nn3)cc2[N+](=O)[O-])cc1. The molecule has 0 aliphatic carbocycles. The van der Waals surface area contributed by atoms with E-state index in [1.54, 1.807) is 23.0 Å². The van der Waals surface area contributed by atoms with Crippen LogP contribution in [-0.4, -0.2) is 33.0 Å². The van der Waals surface area contributed by atoms with Crippen molar-refractivity contribution in [2.45, 2.75) is 13.8 Å². The number of azo groups is 1. The number of hydrogen-bond donors (Lipinski definition) is 0. The molecule has 0 aliphatic rings. The summed E-state index contributed by atoms with van der Waals surface area (Å²) >= 11 is 0. The smallest absolute Gasteiger partial charge is 0.297 e. The molecular formula is C28H25N7O2. The number of nitrogens with zero attached hydrogens (tertiary/aromatic N) is 7. The third-order valence-corrected chi connectivity index (χ3v) is 6.23. The Kier molecular flexibility index (Phi) is 6.67. The molecule has 0 fully saturated rings. The topological polar surface area (TPSA) is 102 Å². The van der Waals surface area contributed by atoms with Gasteiger partial charge >= 0.3 is 0 Å². The van der Waals surface area contributed by atoms with Crippen LogP contribution in [0.3, 0.4) is 0 Å². The number of benzene rings is 4. The number of anilines is 1. The molecule has 9 heteroatoms. The first-order valence-corrected chi connectivity index (χ1v) is 12.0. The van der Waals surface area contributed by atoms with Gasteiger partial charge in [-0.05, 0) is 61.7 Å². The Morgan fingerprint density at radius 1 is 0.919 bits per heavy atom. The summed E-state index contributed by atoms with van der Waals surface area (Å²) in [4.78, 5) is 13.6. The zero-order valence-corrected chi connectivity index (χ0v) is 20.5. The third-order valence-electron chi connectivity index (χ3n) is 6.23. The molecular weight excluding hydrogens is 466 g/mol. The van der Waals surface area contributed by atoms with E-state index >= 15 is 0 Å². The maximum absolute atomic E-state index is 11.8. The summed E-state index contributed by atoms with van der Waals surface area (Å²) in [7, 11) is 0. The first-order chi connectivity index (χ1) is 18.1. The van der Waals surface area contributed by atoms with Gasteiger partial charge in [-0.2, -0.15) is 5.11 Å². The lowest BCUT2D eigenvalue weighted by molar-refractivity contribution is -0.384. The van der Waals surface area contributed by atoms with Crippen LogP contribution in [0.1, 0.15) is 13.8 Å². The lowest BCUT2D eigenvalue weighted by Gasteiger charge is -2.20. The standard InChI is InChI=1S/C28H25N7O2/c1-3-33(4-2)23-15-13-22(14-16-23)29-30-25-17-12-21(18-28(25)35(36)37)26-19-34(32-31-26)27-11-7-9-20-8-5-6-10-24(20)27/h5-19H,3-4H2,1-2H3. The number of aromatic nitrogens is 3. The lowest BCUT2D eigenvalue weighted by Crippen LogP contribution is -2.21. The van der Waals surface area contributed by atoms with Crippen molar-refractivity contribution in [3.63, 3.8) is 0 Å². The van der Waals surface area contributed by atoms with Gasteiger partial charge in [-0.15, -0.1) is 10.2 Å². The van der Waals surface area contributed by atoms with Crippen LogP contribution in [0.15, 0.2) is 101 Å². The Morgan fingerprint density at radius 2 is 1.68 bits per heavy atom. The second-order valence-corrected chi connectivity index (χ2v) is 8.40. The molecule has 5 rings (SSSR count). The van der Waals surface area contributed by atoms with E-state index in [-0.39, 0.29) is 11.4 Å². The van der Waals surface area contributed by atoms with Crippen molar-refractivity contribution in [3.05, 3.63) is 101 Å². The summed E-state index contributed by atoms with van der Waals surface area (Å²) in [6, 6.07) is 26.4. The van der Waals surface area contributed by atoms with Crippen molar-refractivity contribution in [1.82, 2.24) is 15.0 Å². The number of rotatable bonds is 8. The minimum atomic E-state index is -0.462. The van der Waals surface area contributed by atoms with Crippen LogP contribution >= 0.6 is 0 Å². The summed E-state index contributed by atoms with van der Waals surface area (Å²) in [6.45, 7) is 6.02. The predicted molar refractivity (Wildman–Crippen MR) is 145 cm³/mol. The van der Waals surface area contributed by atoms with Crippen molar-refractivity contribution in [2.24, 2.45) is 10.2 Å². The summed E-state index contributed by atoms with van der Waals surface area (Å²) < 4.78 is 1.68. The summed E-state index contributed by atoms with van der Waals surface area (Å²) in [5.74, 6) is 0. The number of nitro benzene ring substituents is 1. The maximum Gasteiger partial charge on any atom is 0.297 e. The Balaban J connectivity index is 1.42. The fraction of sp³-hybridized carbons (Fsp3) is 0.143. The van der Waals surface area contributed by atoms with E-state index in [0.29, 0.717) is 16.9 Å². The predicted octanol–water partition coefficient (Wildman–Crippen LogP) is 7.26. The Bertz CT molecular complexity index is 1580. The van der Waals surface area contributed by atoms with Crippen LogP contribution in [0.5, 0.6) is 0 Å². The first kappa shape index (κ1) is 23.8. The minimum Gasteiger partial charge on any atom is -0.372 e. The van der Waals surface area contributed by atoms with Gasteiger partial charge in [0.25, 0.3) is 5.69 Å². The lowest BCUT2D eigenvalue weighted by atomic mass is 10.1. The van der Waals surface area contributed by atoms with Crippen molar-refractivity contribution in [3.8, 4) is 16.9 Å². The fourth-order valence-electron chi connectivity index (χ4n) is 4.27. The monoisotopic (exact) mass is 491 g/mol. The number of hydrogen-bond acceptors (Lipinski definition) is 7. The molecule has 9 nitrogen and oxygen atoms in total. The summed E-state index contributed by atoms with van der Waals surface area (Å²) in [5.41, 5.74) is 3.70. The quantitative estimate of drug-likeness (QED) is 0.129. The van der Waals surface area contributed by atoms with Crippen LogP contribution in [0, 0.1) is 10.1 Å². The molecule has 0 saturated heterocycles. The van der Waals surface area contributed by atoms with Crippen molar-refractivity contribution in [2.75, 3.05) is 18.0 Å². The highest BCUT2D eigenvalue weighted by Gasteiger charge is 2.17. The fourth-order valence-corrected chi connectivity index (χ4v) is 4.27. The zero-order valence-electron chi connectivity index (χ0n) is 20.5. The van der Waals surface area contributed by atoms with E-state index in [2.05, 4.69) is 39.3 Å². The molecule has 0 atom stereocenters. The normalized spacial score (nSPS) is 11.3. The molecule has 0 N–H and O–H groups in total. The van der Waals surface area contributed by atoms with E-state index in [1.807, 2.05) is 66.7 Å². The van der Waals surface area contributed by atoms with Crippen LogP contribution in [0.2, 0.25) is 0 Å². The molecule has 0 bridgehead atoms. The molecule has 0 radical (unpaired) electrons. The first-order valence-electron chi connectivity index (χ1n) is 12.0. The Labute approximate surface area is 213 Å². The molecule has 5 aromatic rings.